The van der Waals surface area contributed by atoms with E-state index in [0.29, 0.717) is 26.1 Å². The fourth-order valence-electron chi connectivity index (χ4n) is 3.26. The number of hydrogen-bond acceptors (Lipinski definition) is 5. The van der Waals surface area contributed by atoms with Gasteiger partial charge in [-0.05, 0) is 18.6 Å². The summed E-state index contributed by atoms with van der Waals surface area (Å²) in [7, 11) is -1.99. The van der Waals surface area contributed by atoms with Gasteiger partial charge in [0.05, 0.1) is 23.6 Å². The van der Waals surface area contributed by atoms with Gasteiger partial charge in [0.25, 0.3) is 0 Å². The summed E-state index contributed by atoms with van der Waals surface area (Å²) in [4.78, 5) is 14.1. The number of fused-ring (bicyclic) bond motifs is 1. The molecule has 2 aliphatic rings. The van der Waals surface area contributed by atoms with Crippen molar-refractivity contribution in [3.05, 3.63) is 30.3 Å². The molecule has 2 atom stereocenters. The molecule has 2 heterocycles. The number of carbonyl (C=O) groups is 1. The maximum Gasteiger partial charge on any atom is 0.249 e. The zero-order chi connectivity index (χ0) is 17.2. The van der Waals surface area contributed by atoms with Gasteiger partial charge in [-0.3, -0.25) is 4.79 Å². The number of methoxy groups -OCH3 is 1. The molecule has 0 aliphatic carbocycles. The molecular weight excluding hydrogens is 332 g/mol. The van der Waals surface area contributed by atoms with Crippen molar-refractivity contribution in [1.29, 1.82) is 0 Å². The predicted octanol–water partition coefficient (Wildman–Crippen LogP) is 0.323. The quantitative estimate of drug-likeness (QED) is 0.761. The Bertz CT molecular complexity index is 679. The largest absolute Gasteiger partial charge is 0.383 e. The van der Waals surface area contributed by atoms with E-state index in [-0.39, 0.29) is 36.1 Å². The van der Waals surface area contributed by atoms with Crippen molar-refractivity contribution >= 4 is 15.9 Å². The number of piperidine rings is 1. The van der Waals surface area contributed by atoms with Crippen molar-refractivity contribution in [1.82, 2.24) is 9.21 Å². The normalized spacial score (nSPS) is 25.5. The summed E-state index contributed by atoms with van der Waals surface area (Å²) in [6.07, 6.45) is 0.454. The number of ether oxygens (including phenoxy) is 2. The first-order chi connectivity index (χ1) is 11.5. The van der Waals surface area contributed by atoms with Crippen molar-refractivity contribution in [2.45, 2.75) is 23.5 Å². The maximum atomic E-state index is 12.8. The summed E-state index contributed by atoms with van der Waals surface area (Å²) >= 11 is 0. The second-order valence-electron chi connectivity index (χ2n) is 5.96. The average Bonchev–Trinajstić information content (AvgIpc) is 2.61. The van der Waals surface area contributed by atoms with E-state index in [2.05, 4.69) is 0 Å². The molecule has 24 heavy (non-hydrogen) atoms. The van der Waals surface area contributed by atoms with Gasteiger partial charge in [-0.15, -0.1) is 0 Å². The summed E-state index contributed by atoms with van der Waals surface area (Å²) in [5, 5.41) is 0. The molecule has 1 aromatic carbocycles. The highest BCUT2D eigenvalue weighted by Crippen LogP contribution is 2.27. The highest BCUT2D eigenvalue weighted by atomic mass is 32.2. The molecule has 7 nitrogen and oxygen atoms in total. The van der Waals surface area contributed by atoms with Gasteiger partial charge in [0.2, 0.25) is 15.9 Å². The second kappa shape index (κ2) is 7.18. The summed E-state index contributed by atoms with van der Waals surface area (Å²) in [6.45, 7) is 1.55. The molecule has 0 aromatic heterocycles. The zero-order valence-corrected chi connectivity index (χ0v) is 14.4. The van der Waals surface area contributed by atoms with Crippen LogP contribution in [0.1, 0.15) is 6.42 Å². The third-order valence-corrected chi connectivity index (χ3v) is 6.42. The first-order valence-corrected chi connectivity index (χ1v) is 9.43. The molecule has 132 valence electrons. The lowest BCUT2D eigenvalue weighted by molar-refractivity contribution is -0.162. The fourth-order valence-corrected chi connectivity index (χ4v) is 4.75. The van der Waals surface area contributed by atoms with E-state index < -0.39 is 10.0 Å². The van der Waals surface area contributed by atoms with Crippen LogP contribution in [0.3, 0.4) is 0 Å². The van der Waals surface area contributed by atoms with Crippen LogP contribution in [0, 0.1) is 0 Å². The Morgan fingerprint density at radius 2 is 2.04 bits per heavy atom. The van der Waals surface area contributed by atoms with Gasteiger partial charge in [-0.2, -0.15) is 4.31 Å². The molecule has 0 bridgehead atoms. The molecule has 2 fully saturated rings. The number of hydrogen-bond donors (Lipinski definition) is 0. The van der Waals surface area contributed by atoms with E-state index in [4.69, 9.17) is 9.47 Å². The van der Waals surface area contributed by atoms with Crippen LogP contribution in [0.25, 0.3) is 0 Å². The number of benzene rings is 1. The Hall–Kier alpha value is -1.48. The standard InChI is InChI=1S/C16H22N2O5S/c1-22-10-9-18-14-11-17(8-7-15(14)23-12-16(18)19)24(20,21)13-5-3-2-4-6-13/h2-6,14-15H,7-12H2,1H3/t14-,15+/m0/s1. The van der Waals surface area contributed by atoms with Gasteiger partial charge in [-0.25, -0.2) is 8.42 Å². The number of morpholine rings is 1. The van der Waals surface area contributed by atoms with Gasteiger partial charge >= 0.3 is 0 Å². The lowest BCUT2D eigenvalue weighted by Gasteiger charge is -2.46. The number of rotatable bonds is 5. The fraction of sp³-hybridized carbons (Fsp3) is 0.562. The molecule has 0 saturated carbocycles. The van der Waals surface area contributed by atoms with E-state index in [1.165, 1.54) is 4.31 Å². The highest BCUT2D eigenvalue weighted by Gasteiger charge is 2.43. The minimum Gasteiger partial charge on any atom is -0.383 e. The van der Waals surface area contributed by atoms with Crippen molar-refractivity contribution in [3.63, 3.8) is 0 Å². The Labute approximate surface area is 142 Å². The van der Waals surface area contributed by atoms with Crippen molar-refractivity contribution in [2.24, 2.45) is 0 Å². The Morgan fingerprint density at radius 3 is 2.75 bits per heavy atom. The second-order valence-corrected chi connectivity index (χ2v) is 7.90. The molecule has 3 rings (SSSR count). The van der Waals surface area contributed by atoms with Crippen molar-refractivity contribution in [2.75, 3.05) is 40.0 Å². The number of carbonyl (C=O) groups excluding carboxylic acids is 1. The lowest BCUT2D eigenvalue weighted by atomic mass is 10.0. The maximum absolute atomic E-state index is 12.8. The predicted molar refractivity (Wildman–Crippen MR) is 86.9 cm³/mol. The molecule has 1 amide bonds. The Balaban J connectivity index is 1.80. The van der Waals surface area contributed by atoms with E-state index in [9.17, 15) is 13.2 Å². The lowest BCUT2D eigenvalue weighted by Crippen LogP contribution is -2.63. The molecule has 0 radical (unpaired) electrons. The number of sulfonamides is 1. The molecule has 0 N–H and O–H groups in total. The topological polar surface area (TPSA) is 76.2 Å². The van der Waals surface area contributed by atoms with Crippen LogP contribution in [-0.4, -0.2) is 75.6 Å². The SMILES string of the molecule is COCCN1C(=O)CO[C@@H]2CCN(S(=O)(=O)c3ccccc3)C[C@@H]21. The van der Waals surface area contributed by atoms with Gasteiger partial charge in [0.15, 0.2) is 0 Å². The smallest absolute Gasteiger partial charge is 0.249 e. The van der Waals surface area contributed by atoms with Crippen LogP contribution in [0.4, 0.5) is 0 Å². The summed E-state index contributed by atoms with van der Waals surface area (Å²) in [6, 6.07) is 8.11. The Kier molecular flexibility index (Phi) is 5.19. The molecule has 0 unspecified atom stereocenters. The Morgan fingerprint density at radius 1 is 1.29 bits per heavy atom. The molecule has 0 spiro atoms. The van der Waals surface area contributed by atoms with E-state index in [1.54, 1.807) is 42.3 Å². The number of amides is 1. The molecule has 1 aromatic rings. The molecule has 2 saturated heterocycles. The molecular formula is C16H22N2O5S. The first-order valence-electron chi connectivity index (χ1n) is 7.99. The third kappa shape index (κ3) is 3.32. The van der Waals surface area contributed by atoms with E-state index in [1.807, 2.05) is 0 Å². The molecule has 2 aliphatic heterocycles. The van der Waals surface area contributed by atoms with Crippen LogP contribution in [0.2, 0.25) is 0 Å². The highest BCUT2D eigenvalue weighted by molar-refractivity contribution is 7.89. The van der Waals surface area contributed by atoms with Gasteiger partial charge < -0.3 is 14.4 Å². The third-order valence-electron chi connectivity index (χ3n) is 4.54. The number of nitrogens with zero attached hydrogens (tertiary/aromatic N) is 2. The average molecular weight is 354 g/mol. The van der Waals surface area contributed by atoms with Gasteiger partial charge in [0, 0.05) is 26.7 Å². The summed E-state index contributed by atoms with van der Waals surface area (Å²) in [5.41, 5.74) is 0. The van der Waals surface area contributed by atoms with Gasteiger partial charge in [-0.1, -0.05) is 18.2 Å². The monoisotopic (exact) mass is 354 g/mol. The minimum absolute atomic E-state index is 0.0519. The van der Waals surface area contributed by atoms with Crippen LogP contribution in [0.15, 0.2) is 35.2 Å². The zero-order valence-electron chi connectivity index (χ0n) is 13.6. The van der Waals surface area contributed by atoms with E-state index in [0.717, 1.165) is 0 Å². The van der Waals surface area contributed by atoms with Crippen LogP contribution < -0.4 is 0 Å². The van der Waals surface area contributed by atoms with E-state index >= 15 is 0 Å². The first kappa shape index (κ1) is 17.3. The van der Waals surface area contributed by atoms with Crippen LogP contribution in [0.5, 0.6) is 0 Å². The van der Waals surface area contributed by atoms with Crippen molar-refractivity contribution < 1.29 is 22.7 Å². The van der Waals surface area contributed by atoms with Gasteiger partial charge in [0.1, 0.15) is 6.61 Å². The van der Waals surface area contributed by atoms with Crippen molar-refractivity contribution in [3.8, 4) is 0 Å². The van der Waals surface area contributed by atoms with Crippen LogP contribution in [-0.2, 0) is 24.3 Å². The minimum atomic E-state index is -3.57. The summed E-state index contributed by atoms with van der Waals surface area (Å²) in [5.74, 6) is -0.118. The summed E-state index contributed by atoms with van der Waals surface area (Å²) < 4.78 is 37.8. The van der Waals surface area contributed by atoms with Crippen LogP contribution >= 0.6 is 0 Å². The molecule has 8 heteroatoms.